The van der Waals surface area contributed by atoms with Gasteiger partial charge >= 0.3 is 17.9 Å². The Bertz CT molecular complexity index is 901. The Labute approximate surface area is 225 Å². The van der Waals surface area contributed by atoms with E-state index in [1.165, 1.54) is 0 Å². The fourth-order valence-corrected chi connectivity index (χ4v) is 4.44. The number of aliphatic hydroxyl groups excluding tert-OH is 7. The van der Waals surface area contributed by atoms with Crippen LogP contribution in [0.3, 0.4) is 0 Å². The number of carboxylic acid groups (broad SMARTS) is 1. The molecule has 3 saturated heterocycles. The predicted molar refractivity (Wildman–Crippen MR) is 116 cm³/mol. The van der Waals surface area contributed by atoms with E-state index >= 15 is 0 Å². The largest absolute Gasteiger partial charge is 0.479 e. The highest BCUT2D eigenvalue weighted by Gasteiger charge is 2.56. The predicted octanol–water partition coefficient (Wildman–Crippen LogP) is -6.47. The lowest BCUT2D eigenvalue weighted by Gasteiger charge is -2.47. The van der Waals surface area contributed by atoms with Crippen molar-refractivity contribution in [3.8, 4) is 0 Å². The van der Waals surface area contributed by atoms with Crippen molar-refractivity contribution < 1.29 is 93.1 Å². The third kappa shape index (κ3) is 6.21. The third-order valence-corrected chi connectivity index (χ3v) is 6.62. The van der Waals surface area contributed by atoms with Crippen molar-refractivity contribution in [1.29, 1.82) is 0 Å². The minimum absolute atomic E-state index is 0.933. The Morgan fingerprint density at radius 2 is 0.950 bits per heavy atom. The summed E-state index contributed by atoms with van der Waals surface area (Å²) in [5, 5.41) is 82.0. The van der Waals surface area contributed by atoms with Gasteiger partial charge in [-0.25, -0.2) is 14.4 Å². The van der Waals surface area contributed by atoms with Gasteiger partial charge in [-0.2, -0.15) is 0 Å². The quantitative estimate of drug-likeness (QED) is 0.122. The van der Waals surface area contributed by atoms with Gasteiger partial charge in [0.15, 0.2) is 37.2 Å². The molecule has 0 aliphatic carbocycles. The Morgan fingerprint density at radius 1 is 0.550 bits per heavy atom. The molecule has 0 radical (unpaired) electrons. The summed E-state index contributed by atoms with van der Waals surface area (Å²) in [6.07, 6.45) is -29.4. The molecule has 0 spiro atoms. The van der Waals surface area contributed by atoms with Gasteiger partial charge in [0, 0.05) is 7.11 Å². The minimum Gasteiger partial charge on any atom is -0.479 e. The van der Waals surface area contributed by atoms with Crippen LogP contribution in [-0.4, -0.2) is 172 Å². The summed E-state index contributed by atoms with van der Waals surface area (Å²) in [6, 6.07) is 0. The number of carboxylic acids is 1. The Hall–Kier alpha value is -2.11. The normalized spacial score (nSPS) is 45.9. The highest BCUT2D eigenvalue weighted by Crippen LogP contribution is 2.33. The van der Waals surface area contributed by atoms with E-state index in [0.29, 0.717) is 0 Å². The lowest BCUT2D eigenvalue weighted by atomic mass is 9.95. The molecule has 0 saturated carbocycles. The zero-order chi connectivity index (χ0) is 30.0. The Balaban J connectivity index is 1.83. The molecule has 0 bridgehead atoms. The van der Waals surface area contributed by atoms with Crippen molar-refractivity contribution in [2.75, 3.05) is 21.3 Å². The summed E-state index contributed by atoms with van der Waals surface area (Å²) in [6.45, 7) is 0. The van der Waals surface area contributed by atoms with Gasteiger partial charge in [0.25, 0.3) is 0 Å². The lowest BCUT2D eigenvalue weighted by molar-refractivity contribution is -0.369. The molecule has 3 heterocycles. The maximum absolute atomic E-state index is 12.1. The van der Waals surface area contributed by atoms with Gasteiger partial charge < -0.3 is 78.7 Å². The van der Waals surface area contributed by atoms with Crippen molar-refractivity contribution in [1.82, 2.24) is 0 Å². The number of carbonyl (C=O) groups excluding carboxylic acids is 2. The first-order valence-electron chi connectivity index (χ1n) is 11.7. The summed E-state index contributed by atoms with van der Waals surface area (Å²) in [4.78, 5) is 36.2. The van der Waals surface area contributed by atoms with Gasteiger partial charge in [-0.15, -0.1) is 0 Å². The molecule has 15 atom stereocenters. The number of rotatable bonds is 8. The Morgan fingerprint density at radius 3 is 1.40 bits per heavy atom. The van der Waals surface area contributed by atoms with Gasteiger partial charge in [-0.3, -0.25) is 0 Å². The average Bonchev–Trinajstić information content (AvgIpc) is 2.93. The highest BCUT2D eigenvalue weighted by molar-refractivity contribution is 5.76. The van der Waals surface area contributed by atoms with Crippen LogP contribution in [0.25, 0.3) is 0 Å². The van der Waals surface area contributed by atoms with Crippen LogP contribution >= 0.6 is 0 Å². The van der Waals surface area contributed by atoms with E-state index in [9.17, 15) is 55.2 Å². The molecule has 8 N–H and O–H groups in total. The van der Waals surface area contributed by atoms with Crippen LogP contribution in [0.2, 0.25) is 0 Å². The van der Waals surface area contributed by atoms with Crippen LogP contribution in [-0.2, 0) is 52.3 Å². The monoisotopic (exact) mass is 588 g/mol. The number of hydrogen-bond acceptors (Lipinski definition) is 18. The van der Waals surface area contributed by atoms with E-state index in [4.69, 9.17) is 28.4 Å². The average molecular weight is 588 g/mol. The molecule has 19 heteroatoms. The van der Waals surface area contributed by atoms with Crippen LogP contribution in [0.5, 0.6) is 0 Å². The van der Waals surface area contributed by atoms with E-state index in [1.54, 1.807) is 0 Å². The first-order chi connectivity index (χ1) is 18.8. The van der Waals surface area contributed by atoms with Crippen molar-refractivity contribution in [2.45, 2.75) is 92.1 Å². The molecule has 0 amide bonds. The molecule has 3 aliphatic rings. The number of aliphatic hydroxyl groups is 7. The molecular formula is C21H32O19. The SMILES string of the molecule is COC(=O)C1OC(O)C(O)C(O)C1OC1OC(C(=O)O)C(OC2OC(C(=O)OC)C(OC)C(O)C2O)C(O)C1O. The maximum atomic E-state index is 12.1. The van der Waals surface area contributed by atoms with Crippen LogP contribution in [0.4, 0.5) is 0 Å². The number of aliphatic carboxylic acids is 1. The molecular weight excluding hydrogens is 556 g/mol. The Kier molecular flexibility index (Phi) is 10.7. The zero-order valence-corrected chi connectivity index (χ0v) is 21.2. The summed E-state index contributed by atoms with van der Waals surface area (Å²) >= 11 is 0. The van der Waals surface area contributed by atoms with E-state index in [2.05, 4.69) is 9.47 Å². The smallest absolute Gasteiger partial charge is 0.337 e. The second kappa shape index (κ2) is 13.2. The van der Waals surface area contributed by atoms with E-state index in [1.807, 2.05) is 0 Å². The van der Waals surface area contributed by atoms with Crippen LogP contribution < -0.4 is 0 Å². The van der Waals surface area contributed by atoms with Gasteiger partial charge in [-0.1, -0.05) is 0 Å². The van der Waals surface area contributed by atoms with E-state index in [-0.39, 0.29) is 0 Å². The molecule has 0 aromatic heterocycles. The van der Waals surface area contributed by atoms with Crippen LogP contribution in [0.15, 0.2) is 0 Å². The standard InChI is InChI=1S/C21H32O19/c1-33-10-5(23)8(26)21(40-14(10)18(31)34-2)37-11-6(24)9(27)20(39-13(11)16(28)29)38-12-4(22)7(25)17(30)36-15(12)19(32)35-3/h4-15,17,20-27,30H,1-3H3,(H,28,29). The molecule has 40 heavy (non-hydrogen) atoms. The van der Waals surface area contributed by atoms with E-state index < -0.39 is 110 Å². The number of ether oxygens (including phenoxy) is 8. The minimum atomic E-state index is -2.20. The summed E-state index contributed by atoms with van der Waals surface area (Å²) in [5.74, 6) is -4.03. The molecule has 3 fully saturated rings. The molecule has 3 rings (SSSR count). The fourth-order valence-electron chi connectivity index (χ4n) is 4.44. The summed E-state index contributed by atoms with van der Waals surface area (Å²) in [7, 11) is 3.04. The molecule has 0 aromatic carbocycles. The molecule has 15 unspecified atom stereocenters. The second-order valence-corrected chi connectivity index (χ2v) is 9.03. The molecule has 230 valence electrons. The summed E-state index contributed by atoms with van der Waals surface area (Å²) < 4.78 is 40.2. The second-order valence-electron chi connectivity index (χ2n) is 9.03. The first kappa shape index (κ1) is 32.4. The third-order valence-electron chi connectivity index (χ3n) is 6.62. The zero-order valence-electron chi connectivity index (χ0n) is 21.2. The first-order valence-corrected chi connectivity index (χ1v) is 11.7. The molecule has 3 aliphatic heterocycles. The highest BCUT2D eigenvalue weighted by atomic mass is 16.8. The van der Waals surface area contributed by atoms with Crippen molar-refractivity contribution in [3.05, 3.63) is 0 Å². The van der Waals surface area contributed by atoms with Gasteiger partial charge in [0.1, 0.15) is 54.9 Å². The summed E-state index contributed by atoms with van der Waals surface area (Å²) in [5.41, 5.74) is 0. The molecule has 19 nitrogen and oxygen atoms in total. The van der Waals surface area contributed by atoms with Crippen LogP contribution in [0, 0.1) is 0 Å². The fraction of sp³-hybridized carbons (Fsp3) is 0.857. The molecule has 0 aromatic rings. The van der Waals surface area contributed by atoms with Crippen molar-refractivity contribution in [2.24, 2.45) is 0 Å². The van der Waals surface area contributed by atoms with Gasteiger partial charge in [-0.05, 0) is 0 Å². The van der Waals surface area contributed by atoms with Crippen LogP contribution in [0.1, 0.15) is 0 Å². The number of esters is 2. The van der Waals surface area contributed by atoms with Crippen molar-refractivity contribution in [3.63, 3.8) is 0 Å². The topological polar surface area (TPSA) is 287 Å². The number of carbonyl (C=O) groups is 3. The maximum Gasteiger partial charge on any atom is 0.337 e. The van der Waals surface area contributed by atoms with Crippen molar-refractivity contribution >= 4 is 17.9 Å². The lowest BCUT2D eigenvalue weighted by Crippen LogP contribution is -2.67. The van der Waals surface area contributed by atoms with Gasteiger partial charge in [0.2, 0.25) is 0 Å². The van der Waals surface area contributed by atoms with E-state index in [0.717, 1.165) is 21.3 Å². The number of hydrogen-bond donors (Lipinski definition) is 8. The van der Waals surface area contributed by atoms with Gasteiger partial charge in [0.05, 0.1) is 14.2 Å². The number of methoxy groups -OCH3 is 3.